The molecule has 40 heavy (non-hydrogen) atoms. The number of aromatic nitrogens is 3. The zero-order chi connectivity index (χ0) is 28.1. The Hall–Kier alpha value is -4.35. The Bertz CT molecular complexity index is 1620. The molecule has 1 aliphatic heterocycles. The summed E-state index contributed by atoms with van der Waals surface area (Å²) in [6.07, 6.45) is 12.4. The first kappa shape index (κ1) is 27.2. The van der Waals surface area contributed by atoms with Crippen molar-refractivity contribution in [2.75, 3.05) is 18.4 Å². The molecule has 5 rings (SSSR count). The quantitative estimate of drug-likeness (QED) is 0.127. The molecule has 4 aromatic rings. The zero-order valence-electron chi connectivity index (χ0n) is 22.4. The minimum absolute atomic E-state index is 0.0189. The van der Waals surface area contributed by atoms with E-state index in [9.17, 15) is 4.79 Å². The third-order valence-corrected chi connectivity index (χ3v) is 7.54. The van der Waals surface area contributed by atoms with E-state index < -0.39 is 5.92 Å². The molecule has 3 heterocycles. The van der Waals surface area contributed by atoms with Gasteiger partial charge in [0.1, 0.15) is 17.3 Å². The van der Waals surface area contributed by atoms with Crippen molar-refractivity contribution in [2.45, 2.75) is 32.6 Å². The summed E-state index contributed by atoms with van der Waals surface area (Å²) in [5, 5.41) is 11.1. The summed E-state index contributed by atoms with van der Waals surface area (Å²) >= 11 is 3.55. The molecule has 1 aliphatic rings. The average Bonchev–Trinajstić information content (AvgIpc) is 3.36. The Labute approximate surface area is 242 Å². The topological polar surface area (TPSA) is 80.5 Å². The predicted molar refractivity (Wildman–Crippen MR) is 162 cm³/mol. The molecule has 0 radical (unpaired) electrons. The maximum absolute atomic E-state index is 13.3. The van der Waals surface area contributed by atoms with Crippen LogP contribution in [0.5, 0.6) is 11.5 Å². The molecular weight excluding hydrogens is 566 g/mol. The SMILES string of the molecule is C#C/C=C\C(C)=C(/C)c1cc(NCCCCNC(=O)C2c3ccccc3Oc3ccccc32)n2ncc(Br)c2n1. The molecule has 0 atom stereocenters. The molecule has 1 amide bonds. The van der Waals surface area contributed by atoms with Crippen LogP contribution < -0.4 is 15.4 Å². The molecule has 2 aromatic heterocycles. The second kappa shape index (κ2) is 12.2. The van der Waals surface area contributed by atoms with Gasteiger partial charge in [0.05, 0.1) is 22.3 Å². The Balaban J connectivity index is 1.21. The van der Waals surface area contributed by atoms with Gasteiger partial charge < -0.3 is 15.4 Å². The van der Waals surface area contributed by atoms with E-state index in [1.807, 2.05) is 74.5 Å². The van der Waals surface area contributed by atoms with Crippen molar-refractivity contribution in [2.24, 2.45) is 0 Å². The van der Waals surface area contributed by atoms with Gasteiger partial charge in [0.2, 0.25) is 5.91 Å². The summed E-state index contributed by atoms with van der Waals surface area (Å²) in [4.78, 5) is 18.1. The largest absolute Gasteiger partial charge is 0.457 e. The van der Waals surface area contributed by atoms with Crippen LogP contribution in [-0.2, 0) is 4.79 Å². The van der Waals surface area contributed by atoms with E-state index in [-0.39, 0.29) is 5.91 Å². The number of carbonyl (C=O) groups is 1. The zero-order valence-corrected chi connectivity index (χ0v) is 24.0. The molecule has 0 saturated carbocycles. The van der Waals surface area contributed by atoms with Crippen molar-refractivity contribution in [1.29, 1.82) is 0 Å². The number of ether oxygens (including phenoxy) is 1. The number of amides is 1. The highest BCUT2D eigenvalue weighted by molar-refractivity contribution is 9.10. The molecule has 0 bridgehead atoms. The number of benzene rings is 2. The highest BCUT2D eigenvalue weighted by atomic mass is 79.9. The Kier molecular flexibility index (Phi) is 8.32. The van der Waals surface area contributed by atoms with Gasteiger partial charge >= 0.3 is 0 Å². The van der Waals surface area contributed by atoms with Crippen molar-refractivity contribution in [3.8, 4) is 23.8 Å². The highest BCUT2D eigenvalue weighted by Gasteiger charge is 2.32. The predicted octanol–water partition coefficient (Wildman–Crippen LogP) is 6.72. The number of para-hydroxylation sites is 2. The maximum Gasteiger partial charge on any atom is 0.232 e. The lowest BCUT2D eigenvalue weighted by molar-refractivity contribution is -0.121. The van der Waals surface area contributed by atoms with Crippen LogP contribution in [0.25, 0.3) is 11.2 Å². The summed E-state index contributed by atoms with van der Waals surface area (Å²) in [5.74, 6) is 4.42. The summed E-state index contributed by atoms with van der Waals surface area (Å²) in [7, 11) is 0. The minimum Gasteiger partial charge on any atom is -0.457 e. The number of hydrogen-bond acceptors (Lipinski definition) is 5. The number of rotatable bonds is 9. The lowest BCUT2D eigenvalue weighted by atomic mass is 9.87. The monoisotopic (exact) mass is 595 g/mol. The number of nitrogens with zero attached hydrogens (tertiary/aromatic N) is 3. The first-order chi connectivity index (χ1) is 19.5. The smallest absolute Gasteiger partial charge is 0.232 e. The van der Waals surface area contributed by atoms with Crippen molar-refractivity contribution < 1.29 is 9.53 Å². The number of allylic oxidation sites excluding steroid dienone is 4. The summed E-state index contributed by atoms with van der Waals surface area (Å²) in [6.45, 7) is 5.34. The second-order valence-corrected chi connectivity index (χ2v) is 10.5. The summed E-state index contributed by atoms with van der Waals surface area (Å²) in [6, 6.07) is 17.4. The molecule has 0 spiro atoms. The van der Waals surface area contributed by atoms with Gasteiger partial charge in [-0.05, 0) is 72.0 Å². The van der Waals surface area contributed by atoms with E-state index in [1.165, 1.54) is 0 Å². The average molecular weight is 597 g/mol. The van der Waals surface area contributed by atoms with Crippen LogP contribution in [0.2, 0.25) is 0 Å². The van der Waals surface area contributed by atoms with Gasteiger partial charge in [-0.3, -0.25) is 4.79 Å². The van der Waals surface area contributed by atoms with E-state index in [0.29, 0.717) is 13.1 Å². The van der Waals surface area contributed by atoms with Gasteiger partial charge in [0, 0.05) is 30.3 Å². The molecule has 7 nitrogen and oxygen atoms in total. The Morgan fingerprint density at radius 1 is 1.10 bits per heavy atom. The third-order valence-electron chi connectivity index (χ3n) is 6.99. The number of fused-ring (bicyclic) bond motifs is 3. The fraction of sp³-hybridized carbons (Fsp3) is 0.219. The van der Waals surface area contributed by atoms with E-state index >= 15 is 0 Å². The van der Waals surface area contributed by atoms with E-state index in [2.05, 4.69) is 37.6 Å². The number of hydrogen-bond donors (Lipinski definition) is 2. The number of anilines is 1. The third kappa shape index (κ3) is 5.65. The maximum atomic E-state index is 13.3. The standard InChI is InChI=1S/C32H30BrN5O2/c1-4-5-12-21(2)22(3)26-19-29(38-31(37-26)25(33)20-36-38)34-17-10-11-18-35-32(39)30-23-13-6-8-15-27(23)40-28-16-9-7-14-24(28)30/h1,5-9,12-16,19-20,30,34H,10-11,17-18H2,2-3H3,(H,35,39)/b12-5-,22-21+. The lowest BCUT2D eigenvalue weighted by Gasteiger charge is -2.27. The Morgan fingerprint density at radius 3 is 2.48 bits per heavy atom. The number of halogens is 1. The van der Waals surface area contributed by atoms with Crippen molar-refractivity contribution in [3.63, 3.8) is 0 Å². The van der Waals surface area contributed by atoms with Gasteiger partial charge in [0.25, 0.3) is 0 Å². The minimum atomic E-state index is -0.392. The van der Waals surface area contributed by atoms with Gasteiger partial charge in [-0.2, -0.15) is 9.61 Å². The van der Waals surface area contributed by atoms with Gasteiger partial charge in [-0.15, -0.1) is 6.42 Å². The second-order valence-electron chi connectivity index (χ2n) is 9.60. The molecule has 0 aliphatic carbocycles. The molecule has 202 valence electrons. The van der Waals surface area contributed by atoms with Crippen LogP contribution in [0, 0.1) is 12.3 Å². The van der Waals surface area contributed by atoms with E-state index in [0.717, 1.165) is 68.2 Å². The normalized spacial score (nSPS) is 13.2. The lowest BCUT2D eigenvalue weighted by Crippen LogP contribution is -2.32. The van der Waals surface area contributed by atoms with Crippen LogP contribution in [0.4, 0.5) is 5.82 Å². The van der Waals surface area contributed by atoms with Crippen LogP contribution in [-0.4, -0.2) is 33.6 Å². The number of terminal acetylenes is 1. The summed E-state index contributed by atoms with van der Waals surface area (Å²) < 4.78 is 8.63. The molecule has 0 fully saturated rings. The number of unbranched alkanes of at least 4 members (excludes halogenated alkanes) is 1. The van der Waals surface area contributed by atoms with Crippen LogP contribution in [0.15, 0.2) is 83.0 Å². The fourth-order valence-corrected chi connectivity index (χ4v) is 5.07. The molecule has 2 N–H and O–H groups in total. The molecule has 0 saturated heterocycles. The number of carbonyl (C=O) groups excluding carboxylic acids is 1. The highest BCUT2D eigenvalue weighted by Crippen LogP contribution is 2.43. The van der Waals surface area contributed by atoms with Gasteiger partial charge in [-0.25, -0.2) is 4.98 Å². The molecule has 2 aromatic carbocycles. The first-order valence-corrected chi connectivity index (χ1v) is 14.0. The van der Waals surface area contributed by atoms with Crippen LogP contribution in [0.1, 0.15) is 49.4 Å². The van der Waals surface area contributed by atoms with Gasteiger partial charge in [0.15, 0.2) is 5.65 Å². The van der Waals surface area contributed by atoms with Crippen LogP contribution in [0.3, 0.4) is 0 Å². The Morgan fingerprint density at radius 2 is 1.77 bits per heavy atom. The number of nitrogens with one attached hydrogen (secondary N) is 2. The summed E-state index contributed by atoms with van der Waals surface area (Å²) in [5.41, 5.74) is 5.43. The van der Waals surface area contributed by atoms with Crippen LogP contribution >= 0.6 is 15.9 Å². The van der Waals surface area contributed by atoms with E-state index in [4.69, 9.17) is 16.1 Å². The fourth-order valence-electron chi connectivity index (χ4n) is 4.73. The van der Waals surface area contributed by atoms with Crippen molar-refractivity contribution in [1.82, 2.24) is 19.9 Å². The molecule has 0 unspecified atom stereocenters. The molecule has 8 heteroatoms. The van der Waals surface area contributed by atoms with Crippen molar-refractivity contribution >= 4 is 38.9 Å². The first-order valence-electron chi connectivity index (χ1n) is 13.2. The van der Waals surface area contributed by atoms with Gasteiger partial charge in [-0.1, -0.05) is 48.4 Å². The van der Waals surface area contributed by atoms with Crippen molar-refractivity contribution in [3.05, 3.63) is 99.8 Å². The van der Waals surface area contributed by atoms with E-state index in [1.54, 1.807) is 16.8 Å². The molecular formula is C32H30BrN5O2.